The van der Waals surface area contributed by atoms with Crippen molar-refractivity contribution in [3.8, 4) is 5.75 Å². The van der Waals surface area contributed by atoms with Gasteiger partial charge in [0.1, 0.15) is 12.4 Å². The van der Waals surface area contributed by atoms with Crippen molar-refractivity contribution in [1.82, 2.24) is 0 Å². The number of hydrogen-bond donors (Lipinski definition) is 1. The summed E-state index contributed by atoms with van der Waals surface area (Å²) in [4.78, 5) is 0. The number of aliphatic hydroxyl groups excluding tert-OH is 1. The van der Waals surface area contributed by atoms with Crippen molar-refractivity contribution in [3.63, 3.8) is 0 Å². The lowest BCUT2D eigenvalue weighted by molar-refractivity contribution is 0.0179. The van der Waals surface area contributed by atoms with Gasteiger partial charge in [-0.05, 0) is 37.1 Å². The smallest absolute Gasteiger partial charge is 0.122 e. The molecule has 0 amide bonds. The topological polar surface area (TPSA) is 57.2 Å². The van der Waals surface area contributed by atoms with Crippen molar-refractivity contribution >= 4 is 0 Å². The summed E-state index contributed by atoms with van der Waals surface area (Å²) in [6.07, 6.45) is -0.459. The molecule has 0 aromatic heterocycles. The molecule has 0 heterocycles. The van der Waals surface area contributed by atoms with Crippen LogP contribution in [0.25, 0.3) is 0 Å². The number of methoxy groups -OCH3 is 1. The van der Waals surface area contributed by atoms with Crippen LogP contribution in [0, 0.1) is 6.92 Å². The third-order valence-corrected chi connectivity index (χ3v) is 2.97. The molecule has 0 fully saturated rings. The van der Waals surface area contributed by atoms with Crippen LogP contribution in [0.3, 0.4) is 0 Å². The average molecular weight is 298 g/mol. The maximum Gasteiger partial charge on any atom is 0.122 e. The van der Waals surface area contributed by atoms with E-state index in [1.54, 1.807) is 14.0 Å². The van der Waals surface area contributed by atoms with Gasteiger partial charge in [0.05, 0.1) is 39.1 Å². The van der Waals surface area contributed by atoms with Crippen LogP contribution in [0.1, 0.15) is 24.2 Å². The third kappa shape index (κ3) is 7.43. The minimum Gasteiger partial charge on any atom is -0.491 e. The normalized spacial score (nSPS) is 12.4. The zero-order chi connectivity index (χ0) is 15.5. The summed E-state index contributed by atoms with van der Waals surface area (Å²) in [6, 6.07) is 5.69. The number of aliphatic hydroxyl groups is 1. The summed E-state index contributed by atoms with van der Waals surface area (Å²) in [5.74, 6) is 0.819. The molecular formula is C16H26O5. The first-order valence-corrected chi connectivity index (χ1v) is 7.21. The Bertz CT molecular complexity index is 392. The fourth-order valence-electron chi connectivity index (χ4n) is 1.77. The van der Waals surface area contributed by atoms with E-state index in [0.29, 0.717) is 39.6 Å². The first-order valence-electron chi connectivity index (χ1n) is 7.21. The number of benzene rings is 1. The number of rotatable bonds is 11. The maximum atomic E-state index is 9.51. The fourth-order valence-corrected chi connectivity index (χ4v) is 1.77. The molecule has 1 atom stereocenters. The largest absolute Gasteiger partial charge is 0.491 e. The van der Waals surface area contributed by atoms with Crippen molar-refractivity contribution in [1.29, 1.82) is 0 Å². The van der Waals surface area contributed by atoms with Gasteiger partial charge in [0.2, 0.25) is 0 Å². The molecule has 0 radical (unpaired) electrons. The molecule has 0 aliphatic heterocycles. The monoisotopic (exact) mass is 298 g/mol. The molecule has 0 spiro atoms. The van der Waals surface area contributed by atoms with Gasteiger partial charge in [-0.15, -0.1) is 0 Å². The Morgan fingerprint density at radius 1 is 1.00 bits per heavy atom. The maximum absolute atomic E-state index is 9.51. The van der Waals surface area contributed by atoms with Gasteiger partial charge in [-0.3, -0.25) is 0 Å². The Kier molecular flexibility index (Phi) is 9.01. The second kappa shape index (κ2) is 10.6. The first kappa shape index (κ1) is 17.9. The zero-order valence-corrected chi connectivity index (χ0v) is 13.1. The predicted molar refractivity (Wildman–Crippen MR) is 80.8 cm³/mol. The molecule has 0 saturated carbocycles. The van der Waals surface area contributed by atoms with E-state index in [9.17, 15) is 5.11 Å². The van der Waals surface area contributed by atoms with Gasteiger partial charge >= 0.3 is 0 Å². The number of ether oxygens (including phenoxy) is 4. The van der Waals surface area contributed by atoms with Gasteiger partial charge in [-0.25, -0.2) is 0 Å². The summed E-state index contributed by atoms with van der Waals surface area (Å²) < 4.78 is 21.2. The molecule has 1 aromatic carbocycles. The van der Waals surface area contributed by atoms with Crippen LogP contribution in [0.2, 0.25) is 0 Å². The summed E-state index contributed by atoms with van der Waals surface area (Å²) >= 11 is 0. The van der Waals surface area contributed by atoms with Crippen molar-refractivity contribution in [3.05, 3.63) is 29.3 Å². The van der Waals surface area contributed by atoms with Gasteiger partial charge in [0, 0.05) is 7.11 Å². The van der Waals surface area contributed by atoms with Gasteiger partial charge in [0.25, 0.3) is 0 Å². The standard InChI is InChI=1S/C16H26O5/c1-13-12-15(14(2)17)4-5-16(13)21-11-10-20-9-8-19-7-6-18-3/h4-5,12,14,17H,6-11H2,1-3H3/t14-/m0/s1. The minimum atomic E-state index is -0.459. The molecule has 120 valence electrons. The number of hydrogen-bond acceptors (Lipinski definition) is 5. The highest BCUT2D eigenvalue weighted by Gasteiger charge is 2.05. The van der Waals surface area contributed by atoms with Crippen LogP contribution in [-0.4, -0.2) is 51.9 Å². The summed E-state index contributed by atoms with van der Waals surface area (Å²) in [5.41, 5.74) is 1.90. The van der Waals surface area contributed by atoms with Crippen molar-refractivity contribution in [2.75, 3.05) is 46.8 Å². The molecule has 5 nitrogen and oxygen atoms in total. The van der Waals surface area contributed by atoms with Crippen LogP contribution >= 0.6 is 0 Å². The highest BCUT2D eigenvalue weighted by molar-refractivity contribution is 5.36. The SMILES string of the molecule is COCCOCCOCCOc1ccc([C@H](C)O)cc1C. The second-order valence-corrected chi connectivity index (χ2v) is 4.77. The lowest BCUT2D eigenvalue weighted by Gasteiger charge is -2.12. The Morgan fingerprint density at radius 3 is 2.19 bits per heavy atom. The second-order valence-electron chi connectivity index (χ2n) is 4.77. The van der Waals surface area contributed by atoms with E-state index >= 15 is 0 Å². The van der Waals surface area contributed by atoms with E-state index in [2.05, 4.69) is 0 Å². The van der Waals surface area contributed by atoms with E-state index in [-0.39, 0.29) is 0 Å². The van der Waals surface area contributed by atoms with E-state index in [1.165, 1.54) is 0 Å². The molecule has 1 aromatic rings. The van der Waals surface area contributed by atoms with Crippen LogP contribution < -0.4 is 4.74 Å². The molecule has 1 N–H and O–H groups in total. The molecule has 0 bridgehead atoms. The van der Waals surface area contributed by atoms with E-state index < -0.39 is 6.10 Å². The molecule has 0 saturated heterocycles. The first-order chi connectivity index (χ1) is 10.1. The number of aryl methyl sites for hydroxylation is 1. The molecule has 5 heteroatoms. The van der Waals surface area contributed by atoms with Gasteiger partial charge in [-0.1, -0.05) is 6.07 Å². The van der Waals surface area contributed by atoms with Crippen LogP contribution in [0.15, 0.2) is 18.2 Å². The fraction of sp³-hybridized carbons (Fsp3) is 0.625. The molecule has 21 heavy (non-hydrogen) atoms. The van der Waals surface area contributed by atoms with Crippen molar-refractivity contribution in [2.45, 2.75) is 20.0 Å². The summed E-state index contributed by atoms with van der Waals surface area (Å²) in [5, 5.41) is 9.51. The molecule has 0 unspecified atom stereocenters. The van der Waals surface area contributed by atoms with Crippen LogP contribution in [-0.2, 0) is 14.2 Å². The zero-order valence-electron chi connectivity index (χ0n) is 13.1. The molecular weight excluding hydrogens is 272 g/mol. The quantitative estimate of drug-likeness (QED) is 0.634. The average Bonchev–Trinajstić information content (AvgIpc) is 2.46. The third-order valence-electron chi connectivity index (χ3n) is 2.97. The van der Waals surface area contributed by atoms with Crippen LogP contribution in [0.4, 0.5) is 0 Å². The lowest BCUT2D eigenvalue weighted by atomic mass is 10.1. The molecule has 0 aliphatic carbocycles. The molecule has 1 rings (SSSR count). The summed E-state index contributed by atoms with van der Waals surface area (Å²) in [7, 11) is 1.65. The minimum absolute atomic E-state index is 0.459. The lowest BCUT2D eigenvalue weighted by Crippen LogP contribution is -2.12. The van der Waals surface area contributed by atoms with Crippen molar-refractivity contribution < 1.29 is 24.1 Å². The van der Waals surface area contributed by atoms with E-state index in [1.807, 2.05) is 25.1 Å². The Labute approximate surface area is 126 Å². The van der Waals surface area contributed by atoms with Crippen LogP contribution in [0.5, 0.6) is 5.75 Å². The van der Waals surface area contributed by atoms with E-state index in [4.69, 9.17) is 18.9 Å². The van der Waals surface area contributed by atoms with Gasteiger partial charge in [0.15, 0.2) is 0 Å². The van der Waals surface area contributed by atoms with Crippen molar-refractivity contribution in [2.24, 2.45) is 0 Å². The predicted octanol–water partition coefficient (Wildman–Crippen LogP) is 2.11. The molecule has 0 aliphatic rings. The Balaban J connectivity index is 2.13. The highest BCUT2D eigenvalue weighted by Crippen LogP contribution is 2.22. The van der Waals surface area contributed by atoms with E-state index in [0.717, 1.165) is 16.9 Å². The highest BCUT2D eigenvalue weighted by atomic mass is 16.6. The summed E-state index contributed by atoms with van der Waals surface area (Å²) in [6.45, 7) is 7.02. The Hall–Kier alpha value is -1.14. The van der Waals surface area contributed by atoms with Gasteiger partial charge in [-0.2, -0.15) is 0 Å². The Morgan fingerprint density at radius 2 is 1.62 bits per heavy atom. The van der Waals surface area contributed by atoms with Gasteiger partial charge < -0.3 is 24.1 Å².